The van der Waals surface area contributed by atoms with E-state index in [9.17, 15) is 9.18 Å². The number of allylic oxidation sites excluding steroid dienone is 1. The number of fused-ring (bicyclic) bond motifs is 1. The van der Waals surface area contributed by atoms with Crippen LogP contribution >= 0.6 is 0 Å². The molecule has 2 aromatic heterocycles. The molecule has 0 bridgehead atoms. The van der Waals surface area contributed by atoms with Crippen LogP contribution in [0.15, 0.2) is 54.7 Å². The third-order valence-corrected chi connectivity index (χ3v) is 6.59. The molecule has 7 nitrogen and oxygen atoms in total. The average molecular weight is 485 g/mol. The van der Waals surface area contributed by atoms with Crippen molar-refractivity contribution in [3.05, 3.63) is 88.8 Å². The average Bonchev–Trinajstić information content (AvgIpc) is 3.22. The van der Waals surface area contributed by atoms with Gasteiger partial charge >= 0.3 is 5.97 Å². The first-order valence-electron chi connectivity index (χ1n) is 11.7. The van der Waals surface area contributed by atoms with Gasteiger partial charge in [-0.1, -0.05) is 36.8 Å². The van der Waals surface area contributed by atoms with Crippen molar-refractivity contribution >= 4 is 34.1 Å². The van der Waals surface area contributed by atoms with E-state index >= 15 is 0 Å². The van der Waals surface area contributed by atoms with Crippen LogP contribution in [0.3, 0.4) is 0 Å². The molecule has 1 saturated carbocycles. The minimum absolute atomic E-state index is 0.276. The van der Waals surface area contributed by atoms with E-state index < -0.39 is 11.9 Å². The van der Waals surface area contributed by atoms with Gasteiger partial charge in [0.25, 0.3) is 0 Å². The number of aliphatic carboxylic acids is 1. The fourth-order valence-corrected chi connectivity index (χ4v) is 4.58. The zero-order chi connectivity index (χ0) is 25.2. The number of aryl methyl sites for hydroxylation is 1. The third kappa shape index (κ3) is 4.49. The molecule has 4 aromatic rings. The van der Waals surface area contributed by atoms with Crippen molar-refractivity contribution in [2.45, 2.75) is 26.2 Å². The predicted octanol–water partition coefficient (Wildman–Crippen LogP) is 5.67. The molecule has 182 valence electrons. The largest absolute Gasteiger partial charge is 0.480 e. The molecule has 2 N–H and O–H groups in total. The number of benzene rings is 2. The molecule has 0 amide bonds. The van der Waals surface area contributed by atoms with Gasteiger partial charge in [0.1, 0.15) is 0 Å². The summed E-state index contributed by atoms with van der Waals surface area (Å²) in [6.45, 7) is 1.92. The maximum atomic E-state index is 14.5. The molecule has 5 rings (SSSR count). The number of aromatic amines is 1. The molecule has 1 fully saturated rings. The molecule has 1 aliphatic carbocycles. The first-order chi connectivity index (χ1) is 17.4. The number of aromatic nitrogens is 4. The number of carbonyl (C=O) groups is 1. The van der Waals surface area contributed by atoms with Gasteiger partial charge < -0.3 is 9.84 Å². The van der Waals surface area contributed by atoms with Gasteiger partial charge in [0.2, 0.25) is 11.8 Å². The quantitative estimate of drug-likeness (QED) is 0.328. The van der Waals surface area contributed by atoms with Gasteiger partial charge in [0.15, 0.2) is 0 Å². The van der Waals surface area contributed by atoms with Crippen molar-refractivity contribution in [1.29, 1.82) is 0 Å². The number of nitrogens with zero attached hydrogens (tertiary/aromatic N) is 3. The summed E-state index contributed by atoms with van der Waals surface area (Å²) in [6.07, 6.45) is 7.45. The smallest absolute Gasteiger partial charge is 0.328 e. The predicted molar refractivity (Wildman–Crippen MR) is 136 cm³/mol. The number of nitrogens with one attached hydrogen (secondary N) is 1. The highest BCUT2D eigenvalue weighted by atomic mass is 19.1. The second-order valence-electron chi connectivity index (χ2n) is 8.83. The normalized spacial score (nSPS) is 14.6. The molecule has 0 spiro atoms. The third-order valence-electron chi connectivity index (χ3n) is 6.59. The summed E-state index contributed by atoms with van der Waals surface area (Å²) < 4.78 is 19.8. The lowest BCUT2D eigenvalue weighted by molar-refractivity contribution is -0.131. The number of hydrogen-bond acceptors (Lipinski definition) is 5. The number of carboxylic acid groups (broad SMARTS) is 1. The van der Waals surface area contributed by atoms with Crippen LogP contribution in [-0.4, -0.2) is 38.4 Å². The fraction of sp³-hybridized carbons (Fsp3) is 0.214. The molecular formula is C28H25FN4O3. The summed E-state index contributed by atoms with van der Waals surface area (Å²) in [5.41, 5.74) is 6.63. The zero-order valence-electron chi connectivity index (χ0n) is 20.0. The van der Waals surface area contributed by atoms with Gasteiger partial charge in [-0.3, -0.25) is 5.10 Å². The lowest BCUT2D eigenvalue weighted by Crippen LogP contribution is -2.17. The van der Waals surface area contributed by atoms with Crippen LogP contribution < -0.4 is 4.74 Å². The van der Waals surface area contributed by atoms with Gasteiger partial charge in [-0.15, -0.1) is 0 Å². The molecule has 0 aliphatic heterocycles. The van der Waals surface area contributed by atoms with Crippen LogP contribution in [0.25, 0.3) is 28.1 Å². The lowest BCUT2D eigenvalue weighted by atomic mass is 9.74. The van der Waals surface area contributed by atoms with Crippen molar-refractivity contribution < 1.29 is 19.0 Å². The number of ether oxygens (including phenoxy) is 1. The van der Waals surface area contributed by atoms with E-state index in [-0.39, 0.29) is 5.92 Å². The summed E-state index contributed by atoms with van der Waals surface area (Å²) in [5.74, 6) is -0.762. The number of rotatable bonds is 7. The molecule has 2 heterocycles. The maximum Gasteiger partial charge on any atom is 0.328 e. The van der Waals surface area contributed by atoms with E-state index in [0.29, 0.717) is 16.8 Å². The SMILES string of the molecule is COc1cnc(/C(=C(\c2ccc(/C=C/C(=O)O)cc2)c2ccc3n[nH]c(F)c3c2)C2CCC2)c(C)n1. The highest BCUT2D eigenvalue weighted by Crippen LogP contribution is 2.45. The van der Waals surface area contributed by atoms with Crippen LogP contribution in [0.1, 0.15) is 47.3 Å². The Balaban J connectivity index is 1.76. The monoisotopic (exact) mass is 484 g/mol. The first-order valence-corrected chi connectivity index (χ1v) is 11.7. The summed E-state index contributed by atoms with van der Waals surface area (Å²) in [5, 5.41) is 15.8. The molecule has 0 radical (unpaired) electrons. The van der Waals surface area contributed by atoms with E-state index in [1.54, 1.807) is 25.4 Å². The molecule has 0 unspecified atom stereocenters. The van der Waals surface area contributed by atoms with Crippen LogP contribution in [-0.2, 0) is 4.79 Å². The van der Waals surface area contributed by atoms with E-state index in [1.165, 1.54) is 0 Å². The number of halogens is 1. The second kappa shape index (κ2) is 9.73. The number of methoxy groups -OCH3 is 1. The Morgan fingerprint density at radius 1 is 1.17 bits per heavy atom. The van der Waals surface area contributed by atoms with Crippen LogP contribution in [0, 0.1) is 18.8 Å². The van der Waals surface area contributed by atoms with E-state index in [0.717, 1.165) is 64.6 Å². The maximum absolute atomic E-state index is 14.5. The molecule has 0 atom stereocenters. The Kier molecular flexibility index (Phi) is 6.33. The summed E-state index contributed by atoms with van der Waals surface area (Å²) in [6, 6.07) is 13.2. The van der Waals surface area contributed by atoms with Crippen molar-refractivity contribution in [1.82, 2.24) is 20.2 Å². The van der Waals surface area contributed by atoms with E-state index in [4.69, 9.17) is 14.8 Å². The van der Waals surface area contributed by atoms with Gasteiger partial charge in [-0.05, 0) is 71.7 Å². The standard InChI is InChI=1S/C28H25FN4O3/c1-16-27(30-15-23(31-16)36-2)26(18-4-3-5-18)25(19-9-6-17(7-10-19)8-13-24(34)35)20-11-12-22-21(14-20)28(29)33-32-22/h6-15,18H,3-5H2,1-2H3,(H,32,33)(H,34,35)/b13-8+,26-25+. The Morgan fingerprint density at radius 3 is 2.56 bits per heavy atom. The van der Waals surface area contributed by atoms with Gasteiger partial charge in [-0.2, -0.15) is 9.49 Å². The molecule has 1 aliphatic rings. The Labute approximate surface area is 207 Å². The summed E-state index contributed by atoms with van der Waals surface area (Å²) >= 11 is 0. The van der Waals surface area contributed by atoms with Crippen molar-refractivity contribution in [2.75, 3.05) is 7.11 Å². The molecular weight excluding hydrogens is 459 g/mol. The molecule has 8 heteroatoms. The minimum atomic E-state index is -1.00. The Morgan fingerprint density at radius 2 is 1.92 bits per heavy atom. The van der Waals surface area contributed by atoms with Crippen LogP contribution in [0.2, 0.25) is 0 Å². The highest BCUT2D eigenvalue weighted by Gasteiger charge is 2.29. The Hall–Kier alpha value is -4.33. The summed E-state index contributed by atoms with van der Waals surface area (Å²) in [7, 11) is 1.56. The molecule has 36 heavy (non-hydrogen) atoms. The zero-order valence-corrected chi connectivity index (χ0v) is 20.0. The second-order valence-corrected chi connectivity index (χ2v) is 8.83. The van der Waals surface area contributed by atoms with Crippen LogP contribution in [0.5, 0.6) is 5.88 Å². The number of hydrogen-bond donors (Lipinski definition) is 2. The molecule has 2 aromatic carbocycles. The lowest BCUT2D eigenvalue weighted by Gasteiger charge is -2.31. The summed E-state index contributed by atoms with van der Waals surface area (Å²) in [4.78, 5) is 20.3. The van der Waals surface area contributed by atoms with E-state index in [2.05, 4.69) is 15.2 Å². The Bertz CT molecular complexity index is 1500. The topological polar surface area (TPSA) is 101 Å². The van der Waals surface area contributed by atoms with Crippen molar-refractivity contribution in [3.63, 3.8) is 0 Å². The van der Waals surface area contributed by atoms with Crippen LogP contribution in [0.4, 0.5) is 4.39 Å². The highest BCUT2D eigenvalue weighted by molar-refractivity contribution is 6.01. The van der Waals surface area contributed by atoms with Gasteiger partial charge in [0, 0.05) is 6.08 Å². The number of H-pyrrole nitrogens is 1. The minimum Gasteiger partial charge on any atom is -0.480 e. The fourth-order valence-electron chi connectivity index (χ4n) is 4.58. The van der Waals surface area contributed by atoms with Crippen molar-refractivity contribution in [2.24, 2.45) is 5.92 Å². The van der Waals surface area contributed by atoms with E-state index in [1.807, 2.05) is 43.3 Å². The molecule has 0 saturated heterocycles. The van der Waals surface area contributed by atoms with Gasteiger partial charge in [0.05, 0.1) is 35.6 Å². The van der Waals surface area contributed by atoms with Crippen molar-refractivity contribution in [3.8, 4) is 5.88 Å². The number of carboxylic acids is 1. The first kappa shape index (κ1) is 23.4. The van der Waals surface area contributed by atoms with Gasteiger partial charge in [-0.25, -0.2) is 14.8 Å².